The summed E-state index contributed by atoms with van der Waals surface area (Å²) in [5, 5.41) is 10.1. The second-order valence-corrected chi connectivity index (χ2v) is 6.62. The van der Waals surface area contributed by atoms with Crippen LogP contribution in [-0.4, -0.2) is 31.3 Å². The molecule has 4 nitrogen and oxygen atoms in total. The molecule has 1 aliphatic rings. The van der Waals surface area contributed by atoms with Crippen molar-refractivity contribution in [3.8, 4) is 0 Å². The van der Waals surface area contributed by atoms with E-state index >= 15 is 0 Å². The summed E-state index contributed by atoms with van der Waals surface area (Å²) < 4.78 is 22.6. The summed E-state index contributed by atoms with van der Waals surface area (Å²) in [5.74, 6) is -0.0350. The number of aliphatic hydroxyl groups excluding tert-OH is 1. The topological polar surface area (TPSA) is 71.4 Å². The van der Waals surface area contributed by atoms with Crippen LogP contribution in [0.1, 0.15) is 28.4 Å². The van der Waals surface area contributed by atoms with Crippen molar-refractivity contribution >= 4 is 16.1 Å². The molecule has 17 heavy (non-hydrogen) atoms. The summed E-state index contributed by atoms with van der Waals surface area (Å²) in [4.78, 5) is 10.5. The lowest BCUT2D eigenvalue weighted by Gasteiger charge is -2.16. The normalized spacial score (nSPS) is 24.4. The fourth-order valence-corrected chi connectivity index (χ4v) is 3.95. The van der Waals surface area contributed by atoms with Crippen LogP contribution in [-0.2, 0) is 9.84 Å². The van der Waals surface area contributed by atoms with E-state index in [4.69, 9.17) is 0 Å². The molecule has 2 rings (SSSR count). The molecule has 0 aromatic heterocycles. The number of benzene rings is 1. The molecule has 1 saturated heterocycles. The smallest absolute Gasteiger partial charge is 0.150 e. The molecule has 1 aromatic rings. The maximum absolute atomic E-state index is 11.3. The molecule has 1 aliphatic heterocycles. The number of carbonyl (C=O) groups is 1. The van der Waals surface area contributed by atoms with Crippen LogP contribution in [0.4, 0.5) is 0 Å². The monoisotopic (exact) mass is 254 g/mol. The van der Waals surface area contributed by atoms with Crippen LogP contribution < -0.4 is 0 Å². The van der Waals surface area contributed by atoms with Gasteiger partial charge in [-0.15, -0.1) is 0 Å². The maximum Gasteiger partial charge on any atom is 0.150 e. The third-order valence-electron chi connectivity index (χ3n) is 3.13. The Morgan fingerprint density at radius 3 is 2.41 bits per heavy atom. The molecule has 0 spiro atoms. The zero-order valence-corrected chi connectivity index (χ0v) is 10.1. The van der Waals surface area contributed by atoms with E-state index in [1.807, 2.05) is 0 Å². The highest BCUT2D eigenvalue weighted by molar-refractivity contribution is 7.91. The summed E-state index contributed by atoms with van der Waals surface area (Å²) in [6.45, 7) is 0. The highest BCUT2D eigenvalue weighted by Crippen LogP contribution is 2.31. The lowest BCUT2D eigenvalue weighted by atomic mass is 9.95. The third kappa shape index (κ3) is 2.73. The van der Waals surface area contributed by atoms with Gasteiger partial charge >= 0.3 is 0 Å². The van der Waals surface area contributed by atoms with Gasteiger partial charge in [0.2, 0.25) is 0 Å². The third-order valence-corrected chi connectivity index (χ3v) is 4.92. The molecular formula is C12H14O4S. The van der Waals surface area contributed by atoms with Crippen molar-refractivity contribution in [3.63, 3.8) is 0 Å². The Balaban J connectivity index is 2.14. The predicted molar refractivity (Wildman–Crippen MR) is 63.6 cm³/mol. The standard InChI is InChI=1S/C12H14O4S/c13-7-9-1-3-10(4-2-9)12(14)11-5-6-17(15,16)8-11/h1-4,7,11-12,14H,5-6,8H2. The molecule has 0 amide bonds. The van der Waals surface area contributed by atoms with E-state index in [1.54, 1.807) is 24.3 Å². The van der Waals surface area contributed by atoms with E-state index < -0.39 is 15.9 Å². The Hall–Kier alpha value is -1.20. The van der Waals surface area contributed by atoms with E-state index in [0.29, 0.717) is 17.5 Å². The molecular weight excluding hydrogens is 240 g/mol. The Kier molecular flexibility index (Phi) is 3.31. The van der Waals surface area contributed by atoms with Crippen LogP contribution >= 0.6 is 0 Å². The minimum Gasteiger partial charge on any atom is -0.388 e. The van der Waals surface area contributed by atoms with Crippen LogP contribution in [0.15, 0.2) is 24.3 Å². The Labute approximate surface area is 100 Å². The number of sulfone groups is 1. The van der Waals surface area contributed by atoms with Crippen LogP contribution in [0.25, 0.3) is 0 Å². The SMILES string of the molecule is O=Cc1ccc(C(O)C2CCS(=O)(=O)C2)cc1. The largest absolute Gasteiger partial charge is 0.388 e. The Morgan fingerprint density at radius 2 is 1.94 bits per heavy atom. The van der Waals surface area contributed by atoms with Crippen molar-refractivity contribution in [2.45, 2.75) is 12.5 Å². The first-order valence-corrected chi connectivity index (χ1v) is 7.27. The first-order chi connectivity index (χ1) is 8.02. The fourth-order valence-electron chi connectivity index (χ4n) is 2.12. The predicted octanol–water partition coefficient (Wildman–Crippen LogP) is 0.967. The summed E-state index contributed by atoms with van der Waals surface area (Å²) in [5.41, 5.74) is 1.21. The van der Waals surface area contributed by atoms with Gasteiger partial charge in [0.1, 0.15) is 6.29 Å². The van der Waals surface area contributed by atoms with Gasteiger partial charge in [-0.25, -0.2) is 8.42 Å². The van der Waals surface area contributed by atoms with Gasteiger partial charge in [-0.3, -0.25) is 4.79 Å². The van der Waals surface area contributed by atoms with E-state index in [2.05, 4.69) is 0 Å². The second kappa shape index (κ2) is 4.58. The number of aliphatic hydroxyl groups is 1. The van der Waals surface area contributed by atoms with Crippen molar-refractivity contribution in [3.05, 3.63) is 35.4 Å². The van der Waals surface area contributed by atoms with Crippen molar-refractivity contribution in [2.24, 2.45) is 5.92 Å². The van der Waals surface area contributed by atoms with E-state index in [-0.39, 0.29) is 17.4 Å². The Bertz CT molecular complexity index is 504. The summed E-state index contributed by atoms with van der Waals surface area (Å²) >= 11 is 0. The van der Waals surface area contributed by atoms with Gasteiger partial charge in [-0.1, -0.05) is 24.3 Å². The number of aldehydes is 1. The van der Waals surface area contributed by atoms with Crippen molar-refractivity contribution in [2.75, 3.05) is 11.5 Å². The average Bonchev–Trinajstić information content (AvgIpc) is 2.69. The molecule has 0 aliphatic carbocycles. The van der Waals surface area contributed by atoms with E-state index in [9.17, 15) is 18.3 Å². The van der Waals surface area contributed by atoms with Crippen molar-refractivity contribution < 1.29 is 18.3 Å². The van der Waals surface area contributed by atoms with Crippen molar-refractivity contribution in [1.82, 2.24) is 0 Å². The van der Waals surface area contributed by atoms with Crippen LogP contribution in [0, 0.1) is 5.92 Å². The quantitative estimate of drug-likeness (QED) is 0.816. The fraction of sp³-hybridized carbons (Fsp3) is 0.417. The highest BCUT2D eigenvalue weighted by atomic mass is 32.2. The molecule has 1 N–H and O–H groups in total. The number of carbonyl (C=O) groups excluding carboxylic acids is 1. The molecule has 2 atom stereocenters. The number of rotatable bonds is 3. The van der Waals surface area contributed by atoms with E-state index in [1.165, 1.54) is 0 Å². The minimum atomic E-state index is -2.98. The second-order valence-electron chi connectivity index (χ2n) is 4.39. The maximum atomic E-state index is 11.3. The molecule has 0 radical (unpaired) electrons. The molecule has 92 valence electrons. The Morgan fingerprint density at radius 1 is 1.29 bits per heavy atom. The summed E-state index contributed by atoms with van der Waals surface area (Å²) in [6, 6.07) is 6.57. The molecule has 1 heterocycles. The summed E-state index contributed by atoms with van der Waals surface area (Å²) in [6.07, 6.45) is 0.461. The van der Waals surface area contributed by atoms with Gasteiger partial charge in [-0.2, -0.15) is 0 Å². The van der Waals surface area contributed by atoms with Crippen LogP contribution in [0.5, 0.6) is 0 Å². The van der Waals surface area contributed by atoms with Crippen LogP contribution in [0.3, 0.4) is 0 Å². The molecule has 0 saturated carbocycles. The van der Waals surface area contributed by atoms with Crippen molar-refractivity contribution in [1.29, 1.82) is 0 Å². The minimum absolute atomic E-state index is 0.0452. The van der Waals surface area contributed by atoms with Gasteiger partial charge in [0.25, 0.3) is 0 Å². The number of hydrogen-bond acceptors (Lipinski definition) is 4. The zero-order valence-electron chi connectivity index (χ0n) is 9.24. The first kappa shape index (κ1) is 12.3. The molecule has 1 fully saturated rings. The number of hydrogen-bond donors (Lipinski definition) is 1. The lowest BCUT2D eigenvalue weighted by Crippen LogP contribution is -2.14. The summed E-state index contributed by atoms with van der Waals surface area (Å²) in [7, 11) is -2.98. The highest BCUT2D eigenvalue weighted by Gasteiger charge is 2.33. The molecule has 2 unspecified atom stereocenters. The molecule has 0 bridgehead atoms. The van der Waals surface area contributed by atoms with E-state index in [0.717, 1.165) is 6.29 Å². The molecule has 1 aromatic carbocycles. The molecule has 5 heteroatoms. The van der Waals surface area contributed by atoms with Gasteiger partial charge in [-0.05, 0) is 12.0 Å². The van der Waals surface area contributed by atoms with Crippen LogP contribution in [0.2, 0.25) is 0 Å². The van der Waals surface area contributed by atoms with Gasteiger partial charge in [0.15, 0.2) is 9.84 Å². The van der Waals surface area contributed by atoms with Gasteiger partial charge < -0.3 is 5.11 Å². The zero-order chi connectivity index (χ0) is 12.5. The average molecular weight is 254 g/mol. The first-order valence-electron chi connectivity index (χ1n) is 5.45. The lowest BCUT2D eigenvalue weighted by molar-refractivity contribution is 0.112. The van der Waals surface area contributed by atoms with Gasteiger partial charge in [0, 0.05) is 11.5 Å². The van der Waals surface area contributed by atoms with Gasteiger partial charge in [0.05, 0.1) is 17.6 Å².